The van der Waals surface area contributed by atoms with Crippen LogP contribution in [-0.2, 0) is 7.05 Å². The van der Waals surface area contributed by atoms with E-state index >= 15 is 0 Å². The second kappa shape index (κ2) is 5.10. The molecule has 5 heteroatoms. The molecule has 1 amide bonds. The van der Waals surface area contributed by atoms with Crippen LogP contribution in [0.2, 0.25) is 0 Å². The summed E-state index contributed by atoms with van der Waals surface area (Å²) < 4.78 is 1.86. The van der Waals surface area contributed by atoms with Crippen molar-refractivity contribution in [3.8, 4) is 0 Å². The van der Waals surface area contributed by atoms with Crippen LogP contribution in [-0.4, -0.2) is 35.0 Å². The lowest BCUT2D eigenvalue weighted by Gasteiger charge is -2.22. The summed E-state index contributed by atoms with van der Waals surface area (Å²) >= 11 is 0. The van der Waals surface area contributed by atoms with E-state index in [2.05, 4.69) is 6.92 Å². The fourth-order valence-corrected chi connectivity index (χ4v) is 2.21. The van der Waals surface area contributed by atoms with Crippen molar-refractivity contribution in [2.24, 2.45) is 18.2 Å². The van der Waals surface area contributed by atoms with Gasteiger partial charge in [0.05, 0.1) is 0 Å². The average molecular weight is 258 g/mol. The SMILES string of the molecule is Cl.Cn1cccc1C(=O)N1CCC(C)(CN)C1. The van der Waals surface area contributed by atoms with Crippen molar-refractivity contribution in [3.05, 3.63) is 24.0 Å². The smallest absolute Gasteiger partial charge is 0.270 e. The van der Waals surface area contributed by atoms with Gasteiger partial charge in [0.15, 0.2) is 0 Å². The van der Waals surface area contributed by atoms with Gasteiger partial charge in [-0.2, -0.15) is 0 Å². The summed E-state index contributed by atoms with van der Waals surface area (Å²) in [6.07, 6.45) is 2.89. The molecule has 1 aliphatic rings. The molecule has 0 spiro atoms. The van der Waals surface area contributed by atoms with E-state index in [0.29, 0.717) is 6.54 Å². The molecule has 1 aromatic heterocycles. The number of hydrogen-bond donors (Lipinski definition) is 1. The van der Waals surface area contributed by atoms with Gasteiger partial charge >= 0.3 is 0 Å². The van der Waals surface area contributed by atoms with Gasteiger partial charge in [0.1, 0.15) is 5.69 Å². The molecule has 0 radical (unpaired) electrons. The van der Waals surface area contributed by atoms with Crippen molar-refractivity contribution in [2.45, 2.75) is 13.3 Å². The highest BCUT2D eigenvalue weighted by atomic mass is 35.5. The molecule has 0 saturated carbocycles. The van der Waals surface area contributed by atoms with Crippen molar-refractivity contribution < 1.29 is 4.79 Å². The maximum Gasteiger partial charge on any atom is 0.270 e. The number of nitrogens with zero attached hydrogens (tertiary/aromatic N) is 2. The Kier molecular flexibility index (Phi) is 4.22. The van der Waals surface area contributed by atoms with E-state index < -0.39 is 0 Å². The number of halogens is 1. The minimum absolute atomic E-state index is 0. The normalized spacial score (nSPS) is 23.6. The summed E-state index contributed by atoms with van der Waals surface area (Å²) in [5.74, 6) is 0.115. The van der Waals surface area contributed by atoms with E-state index in [-0.39, 0.29) is 23.7 Å². The number of hydrogen-bond acceptors (Lipinski definition) is 2. The zero-order valence-electron chi connectivity index (χ0n) is 10.3. The third-order valence-corrected chi connectivity index (χ3v) is 3.50. The van der Waals surface area contributed by atoms with E-state index in [0.717, 1.165) is 25.2 Å². The highest BCUT2D eigenvalue weighted by molar-refractivity contribution is 5.93. The minimum atomic E-state index is 0. The average Bonchev–Trinajstić information content (AvgIpc) is 2.85. The highest BCUT2D eigenvalue weighted by Crippen LogP contribution is 2.29. The van der Waals surface area contributed by atoms with Crippen LogP contribution in [0.15, 0.2) is 18.3 Å². The molecule has 1 fully saturated rings. The molecule has 0 aromatic carbocycles. The molecule has 1 aromatic rings. The zero-order valence-corrected chi connectivity index (χ0v) is 11.2. The summed E-state index contributed by atoms with van der Waals surface area (Å²) in [4.78, 5) is 14.1. The number of nitrogens with two attached hydrogens (primary N) is 1. The van der Waals surface area contributed by atoms with E-state index in [1.54, 1.807) is 0 Å². The lowest BCUT2D eigenvalue weighted by molar-refractivity contribution is 0.0767. The van der Waals surface area contributed by atoms with Crippen LogP contribution in [0.1, 0.15) is 23.8 Å². The molecule has 2 heterocycles. The Labute approximate surface area is 108 Å². The van der Waals surface area contributed by atoms with E-state index in [1.807, 2.05) is 34.8 Å². The summed E-state index contributed by atoms with van der Waals surface area (Å²) in [6, 6.07) is 3.76. The van der Waals surface area contributed by atoms with Gasteiger partial charge in [-0.05, 0) is 30.5 Å². The number of likely N-dealkylation sites (tertiary alicyclic amines) is 1. The molecule has 1 unspecified atom stereocenters. The topological polar surface area (TPSA) is 51.3 Å². The highest BCUT2D eigenvalue weighted by Gasteiger charge is 2.35. The quantitative estimate of drug-likeness (QED) is 0.867. The van der Waals surface area contributed by atoms with E-state index in [4.69, 9.17) is 5.73 Å². The Morgan fingerprint density at radius 1 is 1.59 bits per heavy atom. The van der Waals surface area contributed by atoms with Gasteiger partial charge in [-0.25, -0.2) is 0 Å². The first-order valence-electron chi connectivity index (χ1n) is 5.66. The third kappa shape index (κ3) is 2.64. The molecular weight excluding hydrogens is 238 g/mol. The molecule has 2 rings (SSSR count). The largest absolute Gasteiger partial charge is 0.347 e. The predicted octanol–water partition coefficient (Wildman–Crippen LogP) is 1.26. The van der Waals surface area contributed by atoms with Crippen molar-refractivity contribution in [3.63, 3.8) is 0 Å². The molecule has 0 aliphatic carbocycles. The summed E-state index contributed by atoms with van der Waals surface area (Å²) in [6.45, 7) is 4.38. The van der Waals surface area contributed by atoms with Crippen molar-refractivity contribution in [1.29, 1.82) is 0 Å². The molecule has 2 N–H and O–H groups in total. The maximum atomic E-state index is 12.2. The molecule has 0 bridgehead atoms. The van der Waals surface area contributed by atoms with Gasteiger partial charge in [0.2, 0.25) is 0 Å². The third-order valence-electron chi connectivity index (χ3n) is 3.50. The summed E-state index contributed by atoms with van der Waals surface area (Å²) in [5, 5.41) is 0. The Bertz CT molecular complexity index is 404. The van der Waals surface area contributed by atoms with Crippen LogP contribution in [0.25, 0.3) is 0 Å². The second-order valence-electron chi connectivity index (χ2n) is 5.00. The minimum Gasteiger partial charge on any atom is -0.347 e. The monoisotopic (exact) mass is 257 g/mol. The van der Waals surface area contributed by atoms with Gasteiger partial charge in [-0.1, -0.05) is 6.92 Å². The number of carbonyl (C=O) groups is 1. The number of rotatable bonds is 2. The zero-order chi connectivity index (χ0) is 11.8. The van der Waals surface area contributed by atoms with Crippen LogP contribution in [0.4, 0.5) is 0 Å². The Hall–Kier alpha value is -1.00. The molecule has 1 saturated heterocycles. The van der Waals surface area contributed by atoms with E-state index in [1.165, 1.54) is 0 Å². The summed E-state index contributed by atoms with van der Waals surface area (Å²) in [7, 11) is 1.89. The predicted molar refractivity (Wildman–Crippen MR) is 70.3 cm³/mol. The van der Waals surface area contributed by atoms with Gasteiger partial charge in [0.25, 0.3) is 5.91 Å². The van der Waals surface area contributed by atoms with Gasteiger partial charge in [-0.15, -0.1) is 12.4 Å². The fraction of sp³-hybridized carbons (Fsp3) is 0.583. The molecule has 96 valence electrons. The Balaban J connectivity index is 0.00000144. The van der Waals surface area contributed by atoms with Crippen LogP contribution in [0.3, 0.4) is 0 Å². The lowest BCUT2D eigenvalue weighted by atomic mass is 9.90. The van der Waals surface area contributed by atoms with Crippen LogP contribution in [0.5, 0.6) is 0 Å². The first-order valence-corrected chi connectivity index (χ1v) is 5.66. The Morgan fingerprint density at radius 2 is 2.29 bits per heavy atom. The second-order valence-corrected chi connectivity index (χ2v) is 5.00. The Morgan fingerprint density at radius 3 is 2.76 bits per heavy atom. The van der Waals surface area contributed by atoms with Crippen LogP contribution < -0.4 is 5.73 Å². The maximum absolute atomic E-state index is 12.2. The molecule has 1 aliphatic heterocycles. The first kappa shape index (κ1) is 14.1. The van der Waals surface area contributed by atoms with Crippen molar-refractivity contribution >= 4 is 18.3 Å². The van der Waals surface area contributed by atoms with Gasteiger partial charge < -0.3 is 15.2 Å². The molecular formula is C12H20ClN3O. The number of amides is 1. The molecule has 4 nitrogen and oxygen atoms in total. The van der Waals surface area contributed by atoms with Crippen LogP contribution in [0, 0.1) is 5.41 Å². The van der Waals surface area contributed by atoms with Gasteiger partial charge in [0, 0.05) is 26.3 Å². The van der Waals surface area contributed by atoms with Crippen LogP contribution >= 0.6 is 12.4 Å². The van der Waals surface area contributed by atoms with E-state index in [9.17, 15) is 4.79 Å². The standard InChI is InChI=1S/C12H19N3O.ClH/c1-12(8-13)5-7-15(9-12)11(16)10-4-3-6-14(10)2;/h3-4,6H,5,7-9,13H2,1-2H3;1H. The fourth-order valence-electron chi connectivity index (χ4n) is 2.21. The van der Waals surface area contributed by atoms with Crippen molar-refractivity contribution in [1.82, 2.24) is 9.47 Å². The molecule has 17 heavy (non-hydrogen) atoms. The molecule has 1 atom stereocenters. The number of aromatic nitrogens is 1. The number of carbonyl (C=O) groups excluding carboxylic acids is 1. The number of aryl methyl sites for hydroxylation is 1. The van der Waals surface area contributed by atoms with Crippen molar-refractivity contribution in [2.75, 3.05) is 19.6 Å². The van der Waals surface area contributed by atoms with Gasteiger partial charge in [-0.3, -0.25) is 4.79 Å². The lowest BCUT2D eigenvalue weighted by Crippen LogP contribution is -2.35. The summed E-state index contributed by atoms with van der Waals surface area (Å²) in [5.41, 5.74) is 6.59. The first-order chi connectivity index (χ1) is 7.56.